The predicted octanol–water partition coefficient (Wildman–Crippen LogP) is 4.33. The Hall–Kier alpha value is -3.93. The Balaban J connectivity index is 2.07. The molecule has 0 saturated heterocycles. The van der Waals surface area contributed by atoms with Gasteiger partial charge in [0.05, 0.1) is 18.3 Å². The highest BCUT2D eigenvalue weighted by Gasteiger charge is 2.37. The number of fused-ring (bicyclic) bond motifs is 1. The quantitative estimate of drug-likeness (QED) is 0.248. The van der Waals surface area contributed by atoms with E-state index in [1.54, 1.807) is 26.8 Å². The molecule has 35 heavy (non-hydrogen) atoms. The van der Waals surface area contributed by atoms with Crippen LogP contribution < -0.4 is 4.74 Å². The third-order valence-electron chi connectivity index (χ3n) is 4.95. The van der Waals surface area contributed by atoms with Gasteiger partial charge in [0.15, 0.2) is 22.5 Å². The Kier molecular flexibility index (Phi) is 7.15. The molecule has 0 aliphatic rings. The van der Waals surface area contributed by atoms with Crippen LogP contribution in [0.3, 0.4) is 0 Å². The van der Waals surface area contributed by atoms with E-state index in [1.165, 1.54) is 31.6 Å². The molecule has 1 amide bonds. The number of hydrogen-bond donors (Lipinski definition) is 0. The molecular weight excluding hydrogens is 480 g/mol. The summed E-state index contributed by atoms with van der Waals surface area (Å²) in [5.74, 6) is 0.369. The van der Waals surface area contributed by atoms with Gasteiger partial charge in [0.2, 0.25) is 0 Å². The summed E-state index contributed by atoms with van der Waals surface area (Å²) in [5.41, 5.74) is -0.698. The number of sulfonamides is 1. The number of nitrogens with zero attached hydrogens (tertiary/aromatic N) is 2. The van der Waals surface area contributed by atoms with E-state index in [1.807, 2.05) is 0 Å². The summed E-state index contributed by atoms with van der Waals surface area (Å²) in [6.07, 6.45) is 0.693. The SMILES string of the molecule is COc1ccc(C=O)c2c(CCN(C(=O)OC(C)(C)C)S(=O)(=O)c3ccccc3[N+](=O)[O-])coc12. The minimum atomic E-state index is -4.69. The first-order chi connectivity index (χ1) is 16.4. The van der Waals surface area contributed by atoms with E-state index in [4.69, 9.17) is 13.9 Å². The smallest absolute Gasteiger partial charge is 0.424 e. The number of nitro groups is 1. The third kappa shape index (κ3) is 5.27. The van der Waals surface area contributed by atoms with Crippen LogP contribution in [-0.4, -0.2) is 49.3 Å². The van der Waals surface area contributed by atoms with E-state index >= 15 is 0 Å². The second-order valence-corrected chi connectivity index (χ2v) is 10.3. The maximum atomic E-state index is 13.5. The predicted molar refractivity (Wildman–Crippen MR) is 125 cm³/mol. The molecule has 0 radical (unpaired) electrons. The lowest BCUT2D eigenvalue weighted by atomic mass is 10.0. The Labute approximate surface area is 201 Å². The fraction of sp³-hybridized carbons (Fsp3) is 0.304. The Morgan fingerprint density at radius 1 is 1.20 bits per heavy atom. The topological polar surface area (TPSA) is 146 Å². The second-order valence-electron chi connectivity index (χ2n) is 8.47. The van der Waals surface area contributed by atoms with Gasteiger partial charge in [0.1, 0.15) is 5.60 Å². The van der Waals surface area contributed by atoms with Crippen molar-refractivity contribution in [3.05, 3.63) is 63.9 Å². The maximum Gasteiger partial charge on any atom is 0.424 e. The fourth-order valence-electron chi connectivity index (χ4n) is 3.45. The number of aldehydes is 1. The molecule has 3 aromatic rings. The molecule has 12 heteroatoms. The van der Waals surface area contributed by atoms with Crippen LogP contribution >= 0.6 is 0 Å². The number of nitro benzene ring substituents is 1. The largest absolute Gasteiger partial charge is 0.493 e. The average Bonchev–Trinajstić information content (AvgIpc) is 3.21. The molecule has 0 bridgehead atoms. The van der Waals surface area contributed by atoms with Gasteiger partial charge in [0.25, 0.3) is 15.7 Å². The molecule has 0 unspecified atom stereocenters. The minimum absolute atomic E-state index is 0.0693. The van der Waals surface area contributed by atoms with E-state index in [2.05, 4.69) is 0 Å². The molecule has 11 nitrogen and oxygen atoms in total. The van der Waals surface area contributed by atoms with Gasteiger partial charge < -0.3 is 13.9 Å². The number of carbonyl (C=O) groups is 2. The average molecular weight is 505 g/mol. The molecule has 1 heterocycles. The summed E-state index contributed by atoms with van der Waals surface area (Å²) in [5, 5.41) is 11.9. The number of carbonyl (C=O) groups excluding carboxylic acids is 2. The normalized spacial score (nSPS) is 11.8. The number of para-hydroxylation sites is 1. The monoisotopic (exact) mass is 504 g/mol. The van der Waals surface area contributed by atoms with Crippen molar-refractivity contribution in [2.45, 2.75) is 37.7 Å². The highest BCUT2D eigenvalue weighted by Crippen LogP contribution is 2.33. The first kappa shape index (κ1) is 25.7. The Morgan fingerprint density at radius 3 is 2.49 bits per heavy atom. The van der Waals surface area contributed by atoms with Crippen molar-refractivity contribution < 1.29 is 36.8 Å². The lowest BCUT2D eigenvalue weighted by Gasteiger charge is -2.26. The van der Waals surface area contributed by atoms with Crippen LogP contribution in [0.4, 0.5) is 10.5 Å². The van der Waals surface area contributed by atoms with Gasteiger partial charge in [-0.1, -0.05) is 12.1 Å². The third-order valence-corrected chi connectivity index (χ3v) is 6.77. The Bertz CT molecular complexity index is 1390. The van der Waals surface area contributed by atoms with Crippen LogP contribution in [0.2, 0.25) is 0 Å². The number of ether oxygens (including phenoxy) is 2. The molecule has 0 aliphatic heterocycles. The van der Waals surface area contributed by atoms with Crippen LogP contribution in [0.5, 0.6) is 5.75 Å². The number of rotatable bonds is 8. The van der Waals surface area contributed by atoms with Crippen LogP contribution in [0, 0.1) is 10.1 Å². The summed E-state index contributed by atoms with van der Waals surface area (Å²) in [4.78, 5) is 34.5. The summed E-state index contributed by atoms with van der Waals surface area (Å²) >= 11 is 0. The van der Waals surface area contributed by atoms with Crippen molar-refractivity contribution in [2.24, 2.45) is 0 Å². The van der Waals surface area contributed by atoms with Gasteiger partial charge in [-0.15, -0.1) is 0 Å². The van der Waals surface area contributed by atoms with Gasteiger partial charge in [-0.3, -0.25) is 14.9 Å². The van der Waals surface area contributed by atoms with Gasteiger partial charge in [0, 0.05) is 29.1 Å². The zero-order valence-corrected chi connectivity index (χ0v) is 20.3. The van der Waals surface area contributed by atoms with Crippen LogP contribution in [0.15, 0.2) is 52.0 Å². The molecular formula is C23H24N2O9S. The molecule has 0 saturated carbocycles. The zero-order valence-electron chi connectivity index (χ0n) is 19.5. The maximum absolute atomic E-state index is 13.5. The van der Waals surface area contributed by atoms with E-state index < -0.39 is 43.8 Å². The molecule has 186 valence electrons. The number of methoxy groups -OCH3 is 1. The van der Waals surface area contributed by atoms with Crippen LogP contribution in [0.1, 0.15) is 36.7 Å². The lowest BCUT2D eigenvalue weighted by Crippen LogP contribution is -2.42. The summed E-state index contributed by atoms with van der Waals surface area (Å²) in [6.45, 7) is 4.25. The highest BCUT2D eigenvalue weighted by atomic mass is 32.2. The first-order valence-electron chi connectivity index (χ1n) is 10.4. The fourth-order valence-corrected chi connectivity index (χ4v) is 4.91. The van der Waals surface area contributed by atoms with Gasteiger partial charge in [-0.25, -0.2) is 13.2 Å². The molecule has 1 aromatic heterocycles. The first-order valence-corrected chi connectivity index (χ1v) is 11.9. The molecule has 0 atom stereocenters. The molecule has 2 aromatic carbocycles. The minimum Gasteiger partial charge on any atom is -0.493 e. The summed E-state index contributed by atoms with van der Waals surface area (Å²) < 4.78 is 43.4. The van der Waals surface area contributed by atoms with Gasteiger partial charge >= 0.3 is 6.09 Å². The van der Waals surface area contributed by atoms with Crippen molar-refractivity contribution in [1.82, 2.24) is 4.31 Å². The van der Waals surface area contributed by atoms with Gasteiger partial charge in [-0.2, -0.15) is 4.31 Å². The Morgan fingerprint density at radius 2 is 1.89 bits per heavy atom. The van der Waals surface area contributed by atoms with Crippen molar-refractivity contribution in [3.8, 4) is 5.75 Å². The highest BCUT2D eigenvalue weighted by molar-refractivity contribution is 7.89. The van der Waals surface area contributed by atoms with E-state index in [-0.39, 0.29) is 17.6 Å². The number of benzene rings is 2. The summed E-state index contributed by atoms with van der Waals surface area (Å²) in [7, 11) is -3.26. The van der Waals surface area contributed by atoms with Gasteiger partial charge in [-0.05, 0) is 45.4 Å². The summed E-state index contributed by atoms with van der Waals surface area (Å²) in [6, 6.07) is 7.81. The van der Waals surface area contributed by atoms with Crippen LogP contribution in [-0.2, 0) is 21.2 Å². The second kappa shape index (κ2) is 9.74. The van der Waals surface area contributed by atoms with E-state index in [0.717, 1.165) is 12.1 Å². The molecule has 0 N–H and O–H groups in total. The number of amides is 1. The lowest BCUT2D eigenvalue weighted by molar-refractivity contribution is -0.387. The number of hydrogen-bond acceptors (Lipinski definition) is 9. The van der Waals surface area contributed by atoms with Crippen molar-refractivity contribution in [3.63, 3.8) is 0 Å². The van der Waals surface area contributed by atoms with Crippen LogP contribution in [0.25, 0.3) is 11.0 Å². The van der Waals surface area contributed by atoms with E-state index in [0.29, 0.717) is 27.3 Å². The van der Waals surface area contributed by atoms with Crippen molar-refractivity contribution >= 4 is 39.1 Å². The molecule has 0 spiro atoms. The van der Waals surface area contributed by atoms with E-state index in [9.17, 15) is 28.1 Å². The molecule has 0 aliphatic carbocycles. The zero-order chi connectivity index (χ0) is 26.0. The van der Waals surface area contributed by atoms with Crippen molar-refractivity contribution in [2.75, 3.05) is 13.7 Å². The number of furan rings is 1. The molecule has 0 fully saturated rings. The van der Waals surface area contributed by atoms with Crippen molar-refractivity contribution in [1.29, 1.82) is 0 Å². The molecule has 3 rings (SSSR count). The standard InChI is InChI=1S/C23H24N2O9S/c1-23(2,3)34-22(27)24(35(30,31)19-8-6-5-7-17(19)25(28)29)12-11-16-14-33-21-18(32-4)10-9-15(13-26)20(16)21/h5-10,13-14H,11-12H2,1-4H3.